The van der Waals surface area contributed by atoms with Gasteiger partial charge in [0.2, 0.25) is 0 Å². The minimum absolute atomic E-state index is 0.256. The zero-order valence-corrected chi connectivity index (χ0v) is 10.9. The van der Waals surface area contributed by atoms with Gasteiger partial charge in [-0.2, -0.15) is 0 Å². The van der Waals surface area contributed by atoms with Crippen molar-refractivity contribution in [3.05, 3.63) is 29.8 Å². The van der Waals surface area contributed by atoms with E-state index >= 15 is 0 Å². The van der Waals surface area contributed by atoms with Crippen molar-refractivity contribution in [1.82, 2.24) is 4.90 Å². The predicted molar refractivity (Wildman–Crippen MR) is 72.1 cm³/mol. The fourth-order valence-corrected chi connectivity index (χ4v) is 1.83. The minimum atomic E-state index is -0.986. The van der Waals surface area contributed by atoms with Gasteiger partial charge in [0, 0.05) is 12.2 Å². The number of hydrogen-bond donors (Lipinski definition) is 2. The van der Waals surface area contributed by atoms with Crippen LogP contribution in [0.5, 0.6) is 0 Å². The average molecular weight is 262 g/mol. The number of carboxylic acid groups (broad SMARTS) is 1. The molecule has 1 aliphatic rings. The SMILES string of the molecule is Cc1ccc(NC(=O)N(CC(=O)O)CC2CC2)cc1. The molecule has 0 aromatic heterocycles. The smallest absolute Gasteiger partial charge is 0.323 e. The van der Waals surface area contributed by atoms with E-state index in [1.807, 2.05) is 31.2 Å². The van der Waals surface area contributed by atoms with Crippen molar-refractivity contribution in [2.24, 2.45) is 5.92 Å². The summed E-state index contributed by atoms with van der Waals surface area (Å²) in [6.07, 6.45) is 2.15. The molecular formula is C14H18N2O3. The van der Waals surface area contributed by atoms with Crippen molar-refractivity contribution in [2.75, 3.05) is 18.4 Å². The zero-order valence-electron chi connectivity index (χ0n) is 10.9. The second-order valence-electron chi connectivity index (χ2n) is 5.01. The van der Waals surface area contributed by atoms with Gasteiger partial charge in [-0.1, -0.05) is 17.7 Å². The third kappa shape index (κ3) is 4.28. The molecule has 5 heteroatoms. The van der Waals surface area contributed by atoms with Crippen LogP contribution in [0.3, 0.4) is 0 Å². The van der Waals surface area contributed by atoms with Crippen LogP contribution in [0, 0.1) is 12.8 Å². The lowest BCUT2D eigenvalue weighted by Crippen LogP contribution is -2.40. The lowest BCUT2D eigenvalue weighted by molar-refractivity contribution is -0.137. The molecule has 0 saturated heterocycles. The summed E-state index contributed by atoms with van der Waals surface area (Å²) >= 11 is 0. The lowest BCUT2D eigenvalue weighted by Gasteiger charge is -2.21. The Morgan fingerprint density at radius 1 is 1.32 bits per heavy atom. The molecule has 1 fully saturated rings. The van der Waals surface area contributed by atoms with E-state index in [1.165, 1.54) is 4.90 Å². The summed E-state index contributed by atoms with van der Waals surface area (Å²) < 4.78 is 0. The summed E-state index contributed by atoms with van der Waals surface area (Å²) in [5, 5.41) is 11.6. The van der Waals surface area contributed by atoms with Gasteiger partial charge in [0.25, 0.3) is 0 Å². The number of carbonyl (C=O) groups excluding carboxylic acids is 1. The van der Waals surface area contributed by atoms with Gasteiger partial charge in [0.1, 0.15) is 6.54 Å². The second-order valence-corrected chi connectivity index (χ2v) is 5.01. The predicted octanol–water partition coefficient (Wildman–Crippen LogP) is 2.32. The number of aliphatic carboxylic acids is 1. The van der Waals surface area contributed by atoms with E-state index < -0.39 is 5.97 Å². The molecule has 0 aliphatic heterocycles. The maximum Gasteiger partial charge on any atom is 0.323 e. The molecule has 5 nitrogen and oxygen atoms in total. The van der Waals surface area contributed by atoms with Crippen LogP contribution >= 0.6 is 0 Å². The first-order chi connectivity index (χ1) is 9.04. The highest BCUT2D eigenvalue weighted by Gasteiger charge is 2.27. The summed E-state index contributed by atoms with van der Waals surface area (Å²) in [5.41, 5.74) is 1.79. The normalized spacial score (nSPS) is 13.9. The Morgan fingerprint density at radius 2 is 1.95 bits per heavy atom. The van der Waals surface area contributed by atoms with Crippen LogP contribution in [0.4, 0.5) is 10.5 Å². The number of nitrogens with zero attached hydrogens (tertiary/aromatic N) is 1. The topological polar surface area (TPSA) is 69.6 Å². The molecule has 2 rings (SSSR count). The molecule has 1 aromatic rings. The van der Waals surface area contributed by atoms with Crippen molar-refractivity contribution in [1.29, 1.82) is 0 Å². The molecular weight excluding hydrogens is 244 g/mol. The van der Waals surface area contributed by atoms with E-state index in [4.69, 9.17) is 5.11 Å². The van der Waals surface area contributed by atoms with Gasteiger partial charge < -0.3 is 15.3 Å². The molecule has 2 amide bonds. The average Bonchev–Trinajstić information content (AvgIpc) is 3.14. The molecule has 0 bridgehead atoms. The van der Waals surface area contributed by atoms with E-state index in [0.717, 1.165) is 18.4 Å². The van der Waals surface area contributed by atoms with E-state index in [9.17, 15) is 9.59 Å². The Morgan fingerprint density at radius 3 is 2.47 bits per heavy atom. The summed E-state index contributed by atoms with van der Waals surface area (Å²) in [4.78, 5) is 24.2. The van der Waals surface area contributed by atoms with Crippen molar-refractivity contribution in [3.8, 4) is 0 Å². The third-order valence-corrected chi connectivity index (χ3v) is 3.09. The Bertz CT molecular complexity index is 466. The Labute approximate surface area is 112 Å². The van der Waals surface area contributed by atoms with Crippen LogP contribution in [0.25, 0.3) is 0 Å². The third-order valence-electron chi connectivity index (χ3n) is 3.09. The highest BCUT2D eigenvalue weighted by atomic mass is 16.4. The largest absolute Gasteiger partial charge is 0.480 e. The first kappa shape index (κ1) is 13.4. The number of anilines is 1. The van der Waals surface area contributed by atoms with Gasteiger partial charge in [-0.05, 0) is 37.8 Å². The first-order valence-corrected chi connectivity index (χ1v) is 6.39. The standard InChI is InChI=1S/C14H18N2O3/c1-10-2-6-12(7-3-10)15-14(19)16(9-13(17)18)8-11-4-5-11/h2-3,6-7,11H,4-5,8-9H2,1H3,(H,15,19)(H,17,18). The summed E-state index contributed by atoms with van der Waals surface area (Å²) in [6, 6.07) is 7.07. The number of urea groups is 1. The van der Waals surface area contributed by atoms with E-state index in [2.05, 4.69) is 5.32 Å². The molecule has 0 atom stereocenters. The molecule has 0 radical (unpaired) electrons. The van der Waals surface area contributed by atoms with Crippen LogP contribution in [-0.2, 0) is 4.79 Å². The Balaban J connectivity index is 1.97. The Kier molecular flexibility index (Phi) is 4.04. The van der Waals surface area contributed by atoms with Gasteiger partial charge in [-0.15, -0.1) is 0 Å². The van der Waals surface area contributed by atoms with E-state index in [-0.39, 0.29) is 12.6 Å². The summed E-state index contributed by atoms with van der Waals surface area (Å²) in [7, 11) is 0. The van der Waals surface area contributed by atoms with Gasteiger partial charge in [0.05, 0.1) is 0 Å². The van der Waals surface area contributed by atoms with Gasteiger partial charge in [-0.25, -0.2) is 4.79 Å². The van der Waals surface area contributed by atoms with Crippen molar-refractivity contribution in [2.45, 2.75) is 19.8 Å². The number of benzene rings is 1. The first-order valence-electron chi connectivity index (χ1n) is 6.39. The number of carboxylic acids is 1. The number of amides is 2. The number of rotatable bonds is 5. The fraction of sp³-hybridized carbons (Fsp3) is 0.429. The molecule has 0 unspecified atom stereocenters. The van der Waals surface area contributed by atoms with Crippen LogP contribution in [0.2, 0.25) is 0 Å². The molecule has 2 N–H and O–H groups in total. The number of aryl methyl sites for hydroxylation is 1. The van der Waals surface area contributed by atoms with Crippen molar-refractivity contribution in [3.63, 3.8) is 0 Å². The highest BCUT2D eigenvalue weighted by Crippen LogP contribution is 2.29. The quantitative estimate of drug-likeness (QED) is 0.855. The summed E-state index contributed by atoms with van der Waals surface area (Å²) in [5.74, 6) is -0.525. The molecule has 0 spiro atoms. The lowest BCUT2D eigenvalue weighted by atomic mass is 10.2. The summed E-state index contributed by atoms with van der Waals surface area (Å²) in [6.45, 7) is 2.23. The van der Waals surface area contributed by atoms with E-state index in [1.54, 1.807) is 0 Å². The zero-order chi connectivity index (χ0) is 13.8. The molecule has 1 aliphatic carbocycles. The molecule has 102 valence electrons. The maximum atomic E-state index is 12.0. The molecule has 0 heterocycles. The van der Waals surface area contributed by atoms with Crippen molar-refractivity contribution >= 4 is 17.7 Å². The number of nitrogens with one attached hydrogen (secondary N) is 1. The van der Waals surface area contributed by atoms with Crippen molar-refractivity contribution < 1.29 is 14.7 Å². The van der Waals surface area contributed by atoms with Gasteiger partial charge in [0.15, 0.2) is 0 Å². The monoisotopic (exact) mass is 262 g/mol. The van der Waals surface area contributed by atoms with Gasteiger partial charge >= 0.3 is 12.0 Å². The maximum absolute atomic E-state index is 12.0. The molecule has 1 saturated carbocycles. The Hall–Kier alpha value is -2.04. The highest BCUT2D eigenvalue weighted by molar-refractivity contribution is 5.91. The van der Waals surface area contributed by atoms with Gasteiger partial charge in [-0.3, -0.25) is 4.79 Å². The van der Waals surface area contributed by atoms with Crippen LogP contribution in [0.1, 0.15) is 18.4 Å². The fourth-order valence-electron chi connectivity index (χ4n) is 1.83. The molecule has 1 aromatic carbocycles. The molecule has 19 heavy (non-hydrogen) atoms. The number of carbonyl (C=O) groups is 2. The number of hydrogen-bond acceptors (Lipinski definition) is 2. The van der Waals surface area contributed by atoms with Crippen LogP contribution < -0.4 is 5.32 Å². The minimum Gasteiger partial charge on any atom is -0.480 e. The van der Waals surface area contributed by atoms with Crippen LogP contribution in [0.15, 0.2) is 24.3 Å². The van der Waals surface area contributed by atoms with E-state index in [0.29, 0.717) is 18.2 Å². The second kappa shape index (κ2) is 5.73. The van der Waals surface area contributed by atoms with Crippen LogP contribution in [-0.4, -0.2) is 35.1 Å².